The lowest BCUT2D eigenvalue weighted by Crippen LogP contribution is -2.31. The predicted molar refractivity (Wildman–Crippen MR) is 97.2 cm³/mol. The highest BCUT2D eigenvalue weighted by Gasteiger charge is 2.26. The van der Waals surface area contributed by atoms with Gasteiger partial charge in [0.15, 0.2) is 0 Å². The minimum Gasteiger partial charge on any atom is -0.383 e. The maximum Gasteiger partial charge on any atom is 0.149 e. The second kappa shape index (κ2) is 7.08. The van der Waals surface area contributed by atoms with E-state index in [4.69, 9.17) is 5.73 Å². The molecule has 2 heterocycles. The number of pyridine rings is 1. The monoisotopic (exact) mass is 399 g/mol. The van der Waals surface area contributed by atoms with Crippen LogP contribution in [0.3, 0.4) is 0 Å². The van der Waals surface area contributed by atoms with Crippen LogP contribution in [0.5, 0.6) is 0 Å². The summed E-state index contributed by atoms with van der Waals surface area (Å²) >= 11 is 3.31. The number of nitrogens with two attached hydrogens (primary N) is 1. The maximum atomic E-state index is 14.5. The van der Waals surface area contributed by atoms with Crippen LogP contribution in [0.25, 0.3) is 11.1 Å². The number of hydrogen-bond acceptors (Lipinski definition) is 5. The molecule has 7 heteroatoms. The van der Waals surface area contributed by atoms with Crippen molar-refractivity contribution in [3.63, 3.8) is 0 Å². The molecule has 1 saturated heterocycles. The summed E-state index contributed by atoms with van der Waals surface area (Å²) in [5.41, 5.74) is 6.56. The first-order valence-corrected chi connectivity index (χ1v) is 8.70. The van der Waals surface area contributed by atoms with Gasteiger partial charge in [-0.25, -0.2) is 9.37 Å². The normalized spacial score (nSPS) is 14.0. The van der Waals surface area contributed by atoms with Gasteiger partial charge >= 0.3 is 0 Å². The van der Waals surface area contributed by atoms with E-state index in [0.29, 0.717) is 10.3 Å². The van der Waals surface area contributed by atoms with Gasteiger partial charge in [0.2, 0.25) is 0 Å². The van der Waals surface area contributed by atoms with Gasteiger partial charge in [0, 0.05) is 28.7 Å². The van der Waals surface area contributed by atoms with Crippen LogP contribution < -0.4 is 10.6 Å². The number of halogens is 2. The summed E-state index contributed by atoms with van der Waals surface area (Å²) in [6.45, 7) is 1.51. The molecule has 1 aromatic carbocycles. The van der Waals surface area contributed by atoms with Gasteiger partial charge < -0.3 is 10.6 Å². The van der Waals surface area contributed by atoms with E-state index < -0.39 is 5.82 Å². The standard InChI is InChI=1S/C18H15BrFN5/c19-11-4-5-15(20)12(8-11)16-13(9-21)17(23)24-18(14(16)10-22)25-6-2-1-3-7-25/h4-5,8H,1-3,6-7H2,(H2,23,24). The van der Waals surface area contributed by atoms with Crippen molar-refractivity contribution in [3.8, 4) is 23.3 Å². The van der Waals surface area contributed by atoms with E-state index in [-0.39, 0.29) is 28.1 Å². The smallest absolute Gasteiger partial charge is 0.149 e. The van der Waals surface area contributed by atoms with E-state index in [2.05, 4.69) is 27.0 Å². The summed E-state index contributed by atoms with van der Waals surface area (Å²) in [4.78, 5) is 6.29. The molecular weight excluding hydrogens is 385 g/mol. The first-order chi connectivity index (χ1) is 12.1. The number of rotatable bonds is 2. The van der Waals surface area contributed by atoms with Crippen LogP contribution in [0.4, 0.5) is 16.0 Å². The molecule has 25 heavy (non-hydrogen) atoms. The molecule has 0 spiro atoms. The molecule has 1 aliphatic rings. The molecule has 126 valence electrons. The third kappa shape index (κ3) is 3.16. The van der Waals surface area contributed by atoms with Crippen molar-refractivity contribution >= 4 is 27.6 Å². The van der Waals surface area contributed by atoms with Crippen molar-refractivity contribution in [2.24, 2.45) is 0 Å². The fourth-order valence-electron chi connectivity index (χ4n) is 3.10. The largest absolute Gasteiger partial charge is 0.383 e. The molecule has 2 N–H and O–H groups in total. The van der Waals surface area contributed by atoms with E-state index in [1.165, 1.54) is 6.07 Å². The lowest BCUT2D eigenvalue weighted by Gasteiger charge is -2.29. The van der Waals surface area contributed by atoms with Gasteiger partial charge in [-0.3, -0.25) is 0 Å². The van der Waals surface area contributed by atoms with Gasteiger partial charge in [-0.15, -0.1) is 0 Å². The highest BCUT2D eigenvalue weighted by atomic mass is 79.9. The summed E-state index contributed by atoms with van der Waals surface area (Å²) in [7, 11) is 0. The van der Waals surface area contributed by atoms with Gasteiger partial charge in [-0.1, -0.05) is 15.9 Å². The third-order valence-corrected chi connectivity index (χ3v) is 4.78. The molecule has 0 unspecified atom stereocenters. The number of aromatic nitrogens is 1. The lowest BCUT2D eigenvalue weighted by molar-refractivity contribution is 0.573. The molecule has 0 saturated carbocycles. The molecule has 1 fully saturated rings. The highest BCUT2D eigenvalue weighted by Crippen LogP contribution is 2.38. The van der Waals surface area contributed by atoms with Crippen molar-refractivity contribution in [2.75, 3.05) is 23.7 Å². The molecule has 2 aromatic rings. The van der Waals surface area contributed by atoms with Crippen molar-refractivity contribution in [3.05, 3.63) is 39.6 Å². The van der Waals surface area contributed by atoms with Crippen LogP contribution in [0, 0.1) is 28.5 Å². The molecule has 1 aliphatic heterocycles. The first kappa shape index (κ1) is 17.2. The van der Waals surface area contributed by atoms with Crippen LogP contribution in [0.15, 0.2) is 22.7 Å². The van der Waals surface area contributed by atoms with E-state index in [9.17, 15) is 14.9 Å². The van der Waals surface area contributed by atoms with Crippen LogP contribution >= 0.6 is 15.9 Å². The molecule has 0 bridgehead atoms. The average molecular weight is 400 g/mol. The van der Waals surface area contributed by atoms with Crippen molar-refractivity contribution in [2.45, 2.75) is 19.3 Å². The van der Waals surface area contributed by atoms with Crippen LogP contribution in [0.1, 0.15) is 30.4 Å². The van der Waals surface area contributed by atoms with E-state index >= 15 is 0 Å². The number of anilines is 2. The minimum atomic E-state index is -0.522. The number of piperidine rings is 1. The number of nitrogen functional groups attached to an aromatic ring is 1. The quantitative estimate of drug-likeness (QED) is 0.824. The Bertz CT molecular complexity index is 907. The molecule has 0 amide bonds. The Labute approximate surface area is 153 Å². The molecule has 5 nitrogen and oxygen atoms in total. The topological polar surface area (TPSA) is 89.7 Å². The highest BCUT2D eigenvalue weighted by molar-refractivity contribution is 9.10. The fraction of sp³-hybridized carbons (Fsp3) is 0.278. The summed E-state index contributed by atoms with van der Waals surface area (Å²) in [6, 6.07) is 8.49. The van der Waals surface area contributed by atoms with E-state index in [0.717, 1.165) is 32.4 Å². The Morgan fingerprint density at radius 3 is 2.44 bits per heavy atom. The molecule has 0 atom stereocenters. The van der Waals surface area contributed by atoms with Crippen molar-refractivity contribution in [1.29, 1.82) is 10.5 Å². The summed E-state index contributed by atoms with van der Waals surface area (Å²) < 4.78 is 15.1. The second-order valence-electron chi connectivity index (χ2n) is 5.84. The Kier molecular flexibility index (Phi) is 4.87. The van der Waals surface area contributed by atoms with Gasteiger partial charge in [-0.2, -0.15) is 10.5 Å². The molecule has 3 rings (SSSR count). The SMILES string of the molecule is N#Cc1c(N)nc(N2CCCCC2)c(C#N)c1-c1cc(Br)ccc1F. The Morgan fingerprint density at radius 1 is 1.12 bits per heavy atom. The average Bonchev–Trinajstić information content (AvgIpc) is 2.63. The number of nitriles is 2. The molecule has 0 radical (unpaired) electrons. The number of hydrogen-bond donors (Lipinski definition) is 1. The number of benzene rings is 1. The number of nitrogens with zero attached hydrogens (tertiary/aromatic N) is 4. The van der Waals surface area contributed by atoms with Gasteiger partial charge in [0.05, 0.1) is 0 Å². The predicted octanol–water partition coefficient (Wildman–Crippen LogP) is 3.97. The Hall–Kier alpha value is -2.64. The van der Waals surface area contributed by atoms with Crippen molar-refractivity contribution < 1.29 is 4.39 Å². The zero-order valence-electron chi connectivity index (χ0n) is 13.4. The Morgan fingerprint density at radius 2 is 1.80 bits per heavy atom. The van der Waals surface area contributed by atoms with E-state index in [1.54, 1.807) is 12.1 Å². The van der Waals surface area contributed by atoms with Crippen LogP contribution in [-0.4, -0.2) is 18.1 Å². The third-order valence-electron chi connectivity index (χ3n) is 4.28. The van der Waals surface area contributed by atoms with Gasteiger partial charge in [0.25, 0.3) is 0 Å². The maximum absolute atomic E-state index is 14.5. The van der Waals surface area contributed by atoms with Gasteiger partial charge in [0.1, 0.15) is 40.7 Å². The zero-order chi connectivity index (χ0) is 18.0. The van der Waals surface area contributed by atoms with Crippen molar-refractivity contribution in [1.82, 2.24) is 4.98 Å². The fourth-order valence-corrected chi connectivity index (χ4v) is 3.46. The molecular formula is C18H15BrFN5. The Balaban J connectivity index is 2.32. The second-order valence-corrected chi connectivity index (χ2v) is 6.76. The summed E-state index contributed by atoms with van der Waals surface area (Å²) in [5, 5.41) is 19.3. The summed E-state index contributed by atoms with van der Waals surface area (Å²) in [5.74, 6) is -0.0871. The minimum absolute atomic E-state index is 0.0106. The van der Waals surface area contributed by atoms with Gasteiger partial charge in [-0.05, 0) is 37.5 Å². The summed E-state index contributed by atoms with van der Waals surface area (Å²) in [6.07, 6.45) is 3.11. The molecule has 1 aromatic heterocycles. The first-order valence-electron chi connectivity index (χ1n) is 7.91. The van der Waals surface area contributed by atoms with Crippen LogP contribution in [0.2, 0.25) is 0 Å². The lowest BCUT2D eigenvalue weighted by atomic mass is 9.95. The van der Waals surface area contributed by atoms with E-state index in [1.807, 2.05) is 11.0 Å². The van der Waals surface area contributed by atoms with Crippen LogP contribution in [-0.2, 0) is 0 Å². The zero-order valence-corrected chi connectivity index (χ0v) is 15.0. The molecule has 0 aliphatic carbocycles.